The lowest BCUT2D eigenvalue weighted by Gasteiger charge is -2.05. The van der Waals surface area contributed by atoms with Gasteiger partial charge < -0.3 is 0 Å². The quantitative estimate of drug-likeness (QED) is 0.839. The van der Waals surface area contributed by atoms with Crippen LogP contribution < -0.4 is 0 Å². The zero-order valence-corrected chi connectivity index (χ0v) is 11.9. The van der Waals surface area contributed by atoms with Crippen molar-refractivity contribution in [3.8, 4) is 6.07 Å². The van der Waals surface area contributed by atoms with E-state index in [2.05, 4.69) is 33.8 Å². The van der Waals surface area contributed by atoms with E-state index in [0.29, 0.717) is 11.5 Å². The van der Waals surface area contributed by atoms with Crippen LogP contribution in [0.1, 0.15) is 47.8 Å². The van der Waals surface area contributed by atoms with Crippen molar-refractivity contribution in [1.82, 2.24) is 9.78 Å². The van der Waals surface area contributed by atoms with E-state index >= 15 is 0 Å². The van der Waals surface area contributed by atoms with Crippen LogP contribution in [0.25, 0.3) is 0 Å². The molecule has 0 aliphatic carbocycles. The molecule has 0 aliphatic rings. The third-order valence-electron chi connectivity index (χ3n) is 3.50. The average molecular weight is 253 g/mol. The first-order valence-electron chi connectivity index (χ1n) is 6.56. The number of rotatable bonds is 3. The molecule has 1 aromatic heterocycles. The van der Waals surface area contributed by atoms with Crippen molar-refractivity contribution in [2.24, 2.45) is 0 Å². The van der Waals surface area contributed by atoms with Gasteiger partial charge in [-0.3, -0.25) is 4.68 Å². The Hall–Kier alpha value is -2.08. The van der Waals surface area contributed by atoms with Crippen LogP contribution in [-0.2, 0) is 6.54 Å². The molecule has 0 atom stereocenters. The van der Waals surface area contributed by atoms with Gasteiger partial charge in [-0.1, -0.05) is 26.0 Å². The molecule has 19 heavy (non-hydrogen) atoms. The Morgan fingerprint density at radius 1 is 1.21 bits per heavy atom. The van der Waals surface area contributed by atoms with Gasteiger partial charge in [-0.05, 0) is 43.0 Å². The number of aromatic nitrogens is 2. The smallest absolute Gasteiger partial charge is 0.0991 e. The highest BCUT2D eigenvalue weighted by Crippen LogP contribution is 2.21. The molecule has 0 amide bonds. The second-order valence-corrected chi connectivity index (χ2v) is 5.22. The van der Waals surface area contributed by atoms with Crippen LogP contribution in [0.5, 0.6) is 0 Å². The molecule has 0 saturated heterocycles. The first kappa shape index (κ1) is 13.4. The molecule has 0 spiro atoms. The molecule has 0 N–H and O–H groups in total. The fourth-order valence-corrected chi connectivity index (χ4v) is 2.22. The van der Waals surface area contributed by atoms with E-state index in [4.69, 9.17) is 10.4 Å². The first-order valence-corrected chi connectivity index (χ1v) is 6.56. The summed E-state index contributed by atoms with van der Waals surface area (Å²) in [5.74, 6) is 0.445. The normalized spacial score (nSPS) is 10.7. The van der Waals surface area contributed by atoms with E-state index in [1.165, 1.54) is 22.5 Å². The van der Waals surface area contributed by atoms with Crippen molar-refractivity contribution in [3.05, 3.63) is 52.3 Å². The summed E-state index contributed by atoms with van der Waals surface area (Å²) >= 11 is 0. The van der Waals surface area contributed by atoms with Crippen LogP contribution in [0.2, 0.25) is 0 Å². The lowest BCUT2D eigenvalue weighted by Crippen LogP contribution is -2.04. The van der Waals surface area contributed by atoms with Gasteiger partial charge in [-0.15, -0.1) is 0 Å². The predicted octanol–water partition coefficient (Wildman–Crippen LogP) is 3.54. The molecule has 1 heterocycles. The highest BCUT2D eigenvalue weighted by molar-refractivity contribution is 5.32. The first-order chi connectivity index (χ1) is 9.02. The molecule has 1 aromatic carbocycles. The Morgan fingerprint density at radius 2 is 1.84 bits per heavy atom. The molecule has 0 radical (unpaired) electrons. The Kier molecular flexibility index (Phi) is 3.71. The fraction of sp³-hybridized carbons (Fsp3) is 0.375. The van der Waals surface area contributed by atoms with Crippen LogP contribution in [0.3, 0.4) is 0 Å². The molecule has 0 unspecified atom stereocenters. The second kappa shape index (κ2) is 5.27. The largest absolute Gasteiger partial charge is 0.265 e. The fourth-order valence-electron chi connectivity index (χ4n) is 2.22. The maximum atomic E-state index is 8.80. The number of nitriles is 1. The predicted molar refractivity (Wildman–Crippen MR) is 76.0 cm³/mol. The number of hydrogen-bond acceptors (Lipinski definition) is 2. The summed E-state index contributed by atoms with van der Waals surface area (Å²) < 4.78 is 2.05. The maximum absolute atomic E-state index is 8.80. The van der Waals surface area contributed by atoms with Gasteiger partial charge in [-0.25, -0.2) is 0 Å². The Labute approximate surface area is 114 Å². The van der Waals surface area contributed by atoms with E-state index in [-0.39, 0.29) is 0 Å². The second-order valence-electron chi connectivity index (χ2n) is 5.22. The molecule has 3 nitrogen and oxygen atoms in total. The van der Waals surface area contributed by atoms with E-state index in [1.54, 1.807) is 0 Å². The lowest BCUT2D eigenvalue weighted by atomic mass is 10.1. The Bertz CT molecular complexity index is 613. The van der Waals surface area contributed by atoms with Crippen molar-refractivity contribution in [3.63, 3.8) is 0 Å². The summed E-state index contributed by atoms with van der Waals surface area (Å²) in [6.45, 7) is 9.33. The number of benzene rings is 1. The highest BCUT2D eigenvalue weighted by Gasteiger charge is 2.13. The zero-order valence-electron chi connectivity index (χ0n) is 11.9. The summed E-state index contributed by atoms with van der Waals surface area (Å²) in [6, 6.07) is 9.82. The van der Waals surface area contributed by atoms with E-state index < -0.39 is 0 Å². The molecular formula is C16H19N3. The number of hydrogen-bond donors (Lipinski definition) is 0. The van der Waals surface area contributed by atoms with Crippen molar-refractivity contribution in [2.45, 2.75) is 40.2 Å². The molecule has 0 fully saturated rings. The van der Waals surface area contributed by atoms with E-state index in [9.17, 15) is 0 Å². The van der Waals surface area contributed by atoms with Gasteiger partial charge in [0.1, 0.15) is 0 Å². The minimum absolute atomic E-state index is 0.445. The van der Waals surface area contributed by atoms with Crippen molar-refractivity contribution < 1.29 is 0 Å². The SMILES string of the molecule is Cc1c(C(C)C)nn(Cc2ccc(C#N)cc2)c1C. The standard InChI is InChI=1S/C16H19N3/c1-11(2)16-12(3)13(4)19(18-16)10-15-7-5-14(9-17)6-8-15/h5-8,11H,10H2,1-4H3. The average Bonchev–Trinajstić information content (AvgIpc) is 2.68. The van der Waals surface area contributed by atoms with Crippen LogP contribution in [0, 0.1) is 25.2 Å². The van der Waals surface area contributed by atoms with Gasteiger partial charge in [-0.2, -0.15) is 10.4 Å². The summed E-state index contributed by atoms with van der Waals surface area (Å²) in [5.41, 5.74) is 5.53. The van der Waals surface area contributed by atoms with Crippen LogP contribution >= 0.6 is 0 Å². The summed E-state index contributed by atoms with van der Waals surface area (Å²) in [7, 11) is 0. The summed E-state index contributed by atoms with van der Waals surface area (Å²) in [5, 5.41) is 13.5. The van der Waals surface area contributed by atoms with E-state index in [1.807, 2.05) is 28.9 Å². The third-order valence-corrected chi connectivity index (χ3v) is 3.50. The maximum Gasteiger partial charge on any atom is 0.0991 e. The number of nitrogens with zero attached hydrogens (tertiary/aromatic N) is 3. The molecule has 0 saturated carbocycles. The molecule has 0 aliphatic heterocycles. The van der Waals surface area contributed by atoms with Gasteiger partial charge in [0.25, 0.3) is 0 Å². The van der Waals surface area contributed by atoms with Gasteiger partial charge in [0, 0.05) is 5.69 Å². The summed E-state index contributed by atoms with van der Waals surface area (Å²) in [6.07, 6.45) is 0. The minimum atomic E-state index is 0.445. The van der Waals surface area contributed by atoms with Gasteiger partial charge >= 0.3 is 0 Å². The van der Waals surface area contributed by atoms with Gasteiger partial charge in [0.15, 0.2) is 0 Å². The van der Waals surface area contributed by atoms with Crippen molar-refractivity contribution in [2.75, 3.05) is 0 Å². The zero-order chi connectivity index (χ0) is 14.0. The van der Waals surface area contributed by atoms with Crippen molar-refractivity contribution in [1.29, 1.82) is 5.26 Å². The molecule has 98 valence electrons. The third kappa shape index (κ3) is 2.68. The Morgan fingerprint density at radius 3 is 2.32 bits per heavy atom. The molecule has 2 aromatic rings. The van der Waals surface area contributed by atoms with Crippen LogP contribution in [0.4, 0.5) is 0 Å². The van der Waals surface area contributed by atoms with Crippen LogP contribution in [-0.4, -0.2) is 9.78 Å². The van der Waals surface area contributed by atoms with Gasteiger partial charge in [0.05, 0.1) is 23.9 Å². The van der Waals surface area contributed by atoms with E-state index in [0.717, 1.165) is 6.54 Å². The summed E-state index contributed by atoms with van der Waals surface area (Å²) in [4.78, 5) is 0. The molecule has 0 bridgehead atoms. The van der Waals surface area contributed by atoms with Crippen molar-refractivity contribution >= 4 is 0 Å². The monoisotopic (exact) mass is 253 g/mol. The topological polar surface area (TPSA) is 41.6 Å². The Balaban J connectivity index is 2.28. The highest BCUT2D eigenvalue weighted by atomic mass is 15.3. The molecule has 3 heteroatoms. The van der Waals surface area contributed by atoms with Gasteiger partial charge in [0.2, 0.25) is 0 Å². The molecular weight excluding hydrogens is 234 g/mol. The van der Waals surface area contributed by atoms with Crippen LogP contribution in [0.15, 0.2) is 24.3 Å². The molecule has 2 rings (SSSR count). The minimum Gasteiger partial charge on any atom is -0.265 e. The lowest BCUT2D eigenvalue weighted by molar-refractivity contribution is 0.641.